The molecule has 0 aromatic heterocycles. The van der Waals surface area contributed by atoms with E-state index in [4.69, 9.17) is 43.6 Å². The van der Waals surface area contributed by atoms with Gasteiger partial charge >= 0.3 is 0 Å². The molecule has 5 saturated heterocycles. The summed E-state index contributed by atoms with van der Waals surface area (Å²) in [5.74, 6) is -2.32. The summed E-state index contributed by atoms with van der Waals surface area (Å²) in [6.07, 6.45) is -20.6. The standard InChI is InChI=1S/C35H61N5O19/c1-12-16(8-41)53-34(21(24(12)47)40-31(51)15-6-5-7-37-15)59-30-19(11-44)56-35(23(27(30)50)39-14(3)46)58-28-17(9-42)54-32(20(36)25(28)48)57-29-18(10-43)55-33(52-4)22(26(29)49)38-13(2)45/h12,15-30,32-35,37,41-44,47-50H,5-11,36H2,1-4H3,(H,38,45)(H,39,46)(H,40,51). The van der Waals surface area contributed by atoms with Crippen molar-refractivity contribution in [3.63, 3.8) is 0 Å². The normalized spacial score (nSPS) is 45.4. The predicted octanol–water partition coefficient (Wildman–Crippen LogP) is -7.69. The van der Waals surface area contributed by atoms with Crippen LogP contribution in [0.3, 0.4) is 0 Å². The third-order valence-electron chi connectivity index (χ3n) is 11.4. The molecular weight excluding hydrogens is 794 g/mol. The largest absolute Gasteiger partial charge is 0.394 e. The molecule has 0 aliphatic carbocycles. The van der Waals surface area contributed by atoms with Crippen molar-refractivity contribution in [1.82, 2.24) is 21.3 Å². The van der Waals surface area contributed by atoms with E-state index in [1.165, 1.54) is 14.0 Å². The van der Waals surface area contributed by atoms with Crippen molar-refractivity contribution in [2.24, 2.45) is 11.7 Å². The molecule has 5 heterocycles. The van der Waals surface area contributed by atoms with Gasteiger partial charge in [0.25, 0.3) is 0 Å². The fourth-order valence-electron chi connectivity index (χ4n) is 8.15. The van der Waals surface area contributed by atoms with Gasteiger partial charge in [-0.1, -0.05) is 6.92 Å². The van der Waals surface area contributed by atoms with E-state index in [1.807, 2.05) is 0 Å². The lowest BCUT2D eigenvalue weighted by atomic mass is 9.88. The summed E-state index contributed by atoms with van der Waals surface area (Å²) < 4.78 is 47.0. The van der Waals surface area contributed by atoms with E-state index < -0.39 is 173 Å². The van der Waals surface area contributed by atoms with Crippen molar-refractivity contribution >= 4 is 17.7 Å². The molecule has 0 bridgehead atoms. The molecule has 21 atom stereocenters. The smallest absolute Gasteiger partial charge is 0.237 e. The van der Waals surface area contributed by atoms with Crippen LogP contribution < -0.4 is 27.0 Å². The van der Waals surface area contributed by atoms with Crippen LogP contribution in [0, 0.1) is 5.92 Å². The molecule has 21 unspecified atom stereocenters. The molecule has 24 nitrogen and oxygen atoms in total. The van der Waals surface area contributed by atoms with Crippen molar-refractivity contribution in [2.75, 3.05) is 40.1 Å². The van der Waals surface area contributed by atoms with Crippen LogP contribution in [0.15, 0.2) is 0 Å². The predicted molar refractivity (Wildman–Crippen MR) is 194 cm³/mol. The van der Waals surface area contributed by atoms with E-state index in [9.17, 15) is 55.2 Å². The fourth-order valence-corrected chi connectivity index (χ4v) is 8.15. The Kier molecular flexibility index (Phi) is 17.1. The van der Waals surface area contributed by atoms with Gasteiger partial charge in [-0.25, -0.2) is 0 Å². The van der Waals surface area contributed by atoms with Crippen molar-refractivity contribution < 1.29 is 93.1 Å². The molecule has 59 heavy (non-hydrogen) atoms. The second kappa shape index (κ2) is 21.2. The lowest BCUT2D eigenvalue weighted by molar-refractivity contribution is -0.360. The molecule has 14 N–H and O–H groups in total. The first-order valence-electron chi connectivity index (χ1n) is 19.7. The molecule has 340 valence electrons. The number of aliphatic hydroxyl groups excluding tert-OH is 8. The van der Waals surface area contributed by atoms with Crippen LogP contribution in [0.4, 0.5) is 0 Å². The molecular formula is C35H61N5O19. The summed E-state index contributed by atoms with van der Waals surface area (Å²) in [7, 11) is 1.27. The number of aliphatic hydroxyl groups is 8. The van der Waals surface area contributed by atoms with Crippen LogP contribution in [-0.2, 0) is 52.3 Å². The summed E-state index contributed by atoms with van der Waals surface area (Å²) in [5, 5.41) is 97.5. The van der Waals surface area contributed by atoms with Gasteiger partial charge in [-0.3, -0.25) is 14.4 Å². The van der Waals surface area contributed by atoms with Crippen LogP contribution in [0.2, 0.25) is 0 Å². The highest BCUT2D eigenvalue weighted by Gasteiger charge is 2.55. The number of amides is 3. The lowest BCUT2D eigenvalue weighted by Crippen LogP contribution is -2.71. The minimum Gasteiger partial charge on any atom is -0.394 e. The van der Waals surface area contributed by atoms with Crippen molar-refractivity contribution in [3.05, 3.63) is 0 Å². The van der Waals surface area contributed by atoms with Gasteiger partial charge < -0.3 is 106 Å². The molecule has 0 radical (unpaired) electrons. The van der Waals surface area contributed by atoms with Crippen molar-refractivity contribution in [1.29, 1.82) is 0 Å². The van der Waals surface area contributed by atoms with Gasteiger partial charge in [-0.15, -0.1) is 0 Å². The van der Waals surface area contributed by atoms with Gasteiger partial charge in [-0.05, 0) is 19.4 Å². The second-order valence-corrected chi connectivity index (χ2v) is 15.5. The zero-order valence-electron chi connectivity index (χ0n) is 33.2. The summed E-state index contributed by atoms with van der Waals surface area (Å²) in [5.41, 5.74) is 6.36. The molecule has 0 saturated carbocycles. The van der Waals surface area contributed by atoms with Crippen molar-refractivity contribution in [3.8, 4) is 0 Å². The van der Waals surface area contributed by atoms with Crippen LogP contribution in [-0.4, -0.2) is 221 Å². The number of ether oxygens (including phenoxy) is 8. The highest BCUT2D eigenvalue weighted by molar-refractivity contribution is 5.82. The average Bonchev–Trinajstić information content (AvgIpc) is 3.76. The third kappa shape index (κ3) is 10.7. The minimum atomic E-state index is -1.77. The molecule has 3 amide bonds. The van der Waals surface area contributed by atoms with E-state index in [-0.39, 0.29) is 0 Å². The summed E-state index contributed by atoms with van der Waals surface area (Å²) in [4.78, 5) is 37.5. The molecule has 0 spiro atoms. The first-order valence-corrected chi connectivity index (χ1v) is 19.7. The first-order chi connectivity index (χ1) is 28.1. The average molecular weight is 856 g/mol. The van der Waals surface area contributed by atoms with Gasteiger partial charge in [0.05, 0.1) is 50.7 Å². The Bertz CT molecular complexity index is 1380. The van der Waals surface area contributed by atoms with E-state index >= 15 is 0 Å². The van der Waals surface area contributed by atoms with Crippen LogP contribution in [0.25, 0.3) is 0 Å². The van der Waals surface area contributed by atoms with Crippen LogP contribution >= 0.6 is 0 Å². The van der Waals surface area contributed by atoms with E-state index in [0.29, 0.717) is 13.0 Å². The number of nitrogens with two attached hydrogens (primary N) is 1. The summed E-state index contributed by atoms with van der Waals surface area (Å²) >= 11 is 0. The molecule has 5 fully saturated rings. The van der Waals surface area contributed by atoms with Gasteiger partial charge in [0.15, 0.2) is 25.2 Å². The van der Waals surface area contributed by atoms with E-state index in [2.05, 4.69) is 21.3 Å². The summed E-state index contributed by atoms with van der Waals surface area (Å²) in [6.45, 7) is 1.70. The Morgan fingerprint density at radius 2 is 1.07 bits per heavy atom. The zero-order valence-corrected chi connectivity index (χ0v) is 33.2. The van der Waals surface area contributed by atoms with E-state index in [1.54, 1.807) is 6.92 Å². The van der Waals surface area contributed by atoms with Gasteiger partial charge in [0.2, 0.25) is 17.7 Å². The SMILES string of the molecule is COC1OC(CO)C(OC2OC(CO)C(OC3OC(CO)C(OC4OC(CO)C(C)C(O)C4NC(=O)C4CCCN4)C(O)C3NC(C)=O)C(O)C2N)C(O)C1NC(C)=O. The molecule has 5 rings (SSSR count). The molecule has 24 heteroatoms. The molecule has 0 aromatic rings. The van der Waals surface area contributed by atoms with Gasteiger partial charge in [0, 0.05) is 26.9 Å². The van der Waals surface area contributed by atoms with E-state index in [0.717, 1.165) is 13.3 Å². The van der Waals surface area contributed by atoms with Gasteiger partial charge in [0.1, 0.15) is 73.1 Å². The highest BCUT2D eigenvalue weighted by atomic mass is 16.8. The van der Waals surface area contributed by atoms with Gasteiger partial charge in [-0.2, -0.15) is 0 Å². The minimum absolute atomic E-state index is 0.440. The maximum absolute atomic E-state index is 13.1. The Balaban J connectivity index is 1.33. The van der Waals surface area contributed by atoms with Crippen LogP contribution in [0.1, 0.15) is 33.6 Å². The number of rotatable bonds is 15. The third-order valence-corrected chi connectivity index (χ3v) is 11.4. The summed E-state index contributed by atoms with van der Waals surface area (Å²) in [6, 6.07) is -5.92. The number of hydrogen-bond donors (Lipinski definition) is 13. The topological polar surface area (TPSA) is 361 Å². The Morgan fingerprint density at radius 1 is 0.644 bits per heavy atom. The Morgan fingerprint density at radius 3 is 1.53 bits per heavy atom. The maximum Gasteiger partial charge on any atom is 0.237 e. The Hall–Kier alpha value is -2.31. The number of methoxy groups -OCH3 is 1. The first kappa shape index (κ1) is 47.7. The molecule has 0 aromatic carbocycles. The maximum atomic E-state index is 13.1. The number of nitrogens with one attached hydrogen (secondary N) is 4. The van der Waals surface area contributed by atoms with Crippen molar-refractivity contribution in [2.45, 2.75) is 156 Å². The number of hydrogen-bond acceptors (Lipinski definition) is 21. The van der Waals surface area contributed by atoms with Crippen LogP contribution in [0.5, 0.6) is 0 Å². The second-order valence-electron chi connectivity index (χ2n) is 15.5. The quantitative estimate of drug-likeness (QED) is 0.0727. The Labute approximate surface area is 339 Å². The highest BCUT2D eigenvalue weighted by Crippen LogP contribution is 2.35. The lowest BCUT2D eigenvalue weighted by Gasteiger charge is -2.50. The fraction of sp³-hybridized carbons (Fsp3) is 0.914. The number of carbonyl (C=O) groups excluding carboxylic acids is 3. The zero-order chi connectivity index (χ0) is 43.3. The molecule has 5 aliphatic heterocycles. The molecule has 5 aliphatic rings. The monoisotopic (exact) mass is 855 g/mol. The number of carbonyl (C=O) groups is 3.